The standard InChI is InChI=1S/C10H26N2O5Si2/c1-6-10(11,12)9-7-8-18(13-2,14-3)19(15-4,16-5)17-9/h9H,6-8,11-12H2,1-5H3. The van der Waals surface area contributed by atoms with Crippen molar-refractivity contribution in [3.63, 3.8) is 0 Å². The molecule has 1 atom stereocenters. The summed E-state index contributed by atoms with van der Waals surface area (Å²) in [5.41, 5.74) is 11.3. The van der Waals surface area contributed by atoms with Crippen LogP contribution in [0, 0.1) is 0 Å². The normalized spacial score (nSPS) is 26.4. The quantitative estimate of drug-likeness (QED) is 0.520. The summed E-state index contributed by atoms with van der Waals surface area (Å²) in [6.07, 6.45) is 0.954. The molecule has 7 nitrogen and oxygen atoms in total. The van der Waals surface area contributed by atoms with E-state index < -0.39 is 22.1 Å². The minimum Gasteiger partial charge on any atom is -0.395 e. The first-order valence-corrected chi connectivity index (χ1v) is 11.1. The Balaban J connectivity index is 3.08. The van der Waals surface area contributed by atoms with Crippen molar-refractivity contribution >= 4 is 16.4 Å². The van der Waals surface area contributed by atoms with E-state index in [0.29, 0.717) is 18.9 Å². The van der Waals surface area contributed by atoms with Gasteiger partial charge in [0.25, 0.3) is 0 Å². The van der Waals surface area contributed by atoms with Gasteiger partial charge in [0.05, 0.1) is 11.8 Å². The molecular weight excluding hydrogens is 284 g/mol. The van der Waals surface area contributed by atoms with Crippen molar-refractivity contribution < 1.29 is 22.1 Å². The molecule has 9 heteroatoms. The highest BCUT2D eigenvalue weighted by atomic mass is 29.3. The van der Waals surface area contributed by atoms with Gasteiger partial charge in [-0.3, -0.25) is 0 Å². The molecule has 0 aromatic heterocycles. The molecule has 0 amide bonds. The van der Waals surface area contributed by atoms with Gasteiger partial charge in [0.15, 0.2) is 0 Å². The largest absolute Gasteiger partial charge is 0.539 e. The molecule has 1 rings (SSSR count). The first-order chi connectivity index (χ1) is 8.87. The maximum absolute atomic E-state index is 6.09. The Labute approximate surface area is 116 Å². The molecule has 1 fully saturated rings. The molecule has 114 valence electrons. The molecule has 1 unspecified atom stereocenters. The van der Waals surface area contributed by atoms with E-state index in [1.54, 1.807) is 28.4 Å². The zero-order chi connectivity index (χ0) is 14.7. The molecule has 19 heavy (non-hydrogen) atoms. The SMILES string of the molecule is CCC(N)(N)C1CC[Si](OC)(OC)[Si](OC)(OC)O1. The summed E-state index contributed by atoms with van der Waals surface area (Å²) in [6, 6.07) is 0.689. The molecule has 1 aliphatic heterocycles. The average molecular weight is 310 g/mol. The number of nitrogens with two attached hydrogens (primary N) is 2. The van der Waals surface area contributed by atoms with Crippen LogP contribution < -0.4 is 11.5 Å². The lowest BCUT2D eigenvalue weighted by Crippen LogP contribution is -2.77. The summed E-state index contributed by atoms with van der Waals surface area (Å²) in [5.74, 6) is 0. The van der Waals surface area contributed by atoms with Crippen LogP contribution in [0.25, 0.3) is 0 Å². The predicted octanol–water partition coefficient (Wildman–Crippen LogP) is -0.156. The second-order valence-electron chi connectivity index (χ2n) is 4.74. The summed E-state index contributed by atoms with van der Waals surface area (Å²) in [4.78, 5) is 0. The molecule has 0 saturated carbocycles. The van der Waals surface area contributed by atoms with Crippen LogP contribution in [0.1, 0.15) is 19.8 Å². The Morgan fingerprint density at radius 1 is 1.11 bits per heavy atom. The topological polar surface area (TPSA) is 98.2 Å². The maximum atomic E-state index is 6.09. The van der Waals surface area contributed by atoms with Gasteiger partial charge in [-0.2, -0.15) is 0 Å². The fourth-order valence-electron chi connectivity index (χ4n) is 2.44. The summed E-state index contributed by atoms with van der Waals surface area (Å²) in [5, 5.41) is 0. The van der Waals surface area contributed by atoms with Gasteiger partial charge in [0, 0.05) is 28.4 Å². The Bertz CT molecular complexity index is 298. The fourth-order valence-corrected chi connectivity index (χ4v) is 12.0. The average Bonchev–Trinajstić information content (AvgIpc) is 2.46. The summed E-state index contributed by atoms with van der Waals surface area (Å²) in [7, 11) is 0.577. The van der Waals surface area contributed by atoms with Crippen molar-refractivity contribution in [2.75, 3.05) is 28.4 Å². The van der Waals surface area contributed by atoms with Crippen LogP contribution in [0.3, 0.4) is 0 Å². The highest BCUT2D eigenvalue weighted by molar-refractivity contribution is 7.29. The van der Waals surface area contributed by atoms with E-state index in [1.807, 2.05) is 6.92 Å². The van der Waals surface area contributed by atoms with Crippen molar-refractivity contribution in [1.29, 1.82) is 0 Å². The lowest BCUT2D eigenvalue weighted by Gasteiger charge is -2.48. The van der Waals surface area contributed by atoms with E-state index in [4.69, 9.17) is 33.6 Å². The molecule has 0 aliphatic carbocycles. The van der Waals surface area contributed by atoms with E-state index in [2.05, 4.69) is 0 Å². The lowest BCUT2D eigenvalue weighted by molar-refractivity contribution is 0.00277. The molecule has 4 N–H and O–H groups in total. The van der Waals surface area contributed by atoms with E-state index in [-0.39, 0.29) is 6.10 Å². The molecular formula is C10H26N2O5Si2. The van der Waals surface area contributed by atoms with E-state index in [0.717, 1.165) is 0 Å². The lowest BCUT2D eigenvalue weighted by atomic mass is 10.0. The van der Waals surface area contributed by atoms with Gasteiger partial charge >= 0.3 is 16.4 Å². The van der Waals surface area contributed by atoms with E-state index in [1.165, 1.54) is 0 Å². The summed E-state index contributed by atoms with van der Waals surface area (Å²) >= 11 is 0. The Morgan fingerprint density at radius 2 is 1.63 bits per heavy atom. The van der Waals surface area contributed by atoms with Gasteiger partial charge in [-0.05, 0) is 18.9 Å². The fraction of sp³-hybridized carbons (Fsp3) is 1.00. The minimum atomic E-state index is -3.06. The first kappa shape index (κ1) is 17.2. The van der Waals surface area contributed by atoms with Crippen LogP contribution in [0.2, 0.25) is 6.04 Å². The van der Waals surface area contributed by atoms with E-state index in [9.17, 15) is 0 Å². The van der Waals surface area contributed by atoms with Crippen molar-refractivity contribution in [1.82, 2.24) is 0 Å². The van der Waals surface area contributed by atoms with E-state index >= 15 is 0 Å². The smallest absolute Gasteiger partial charge is 0.395 e. The molecule has 0 aromatic rings. The van der Waals surface area contributed by atoms with Crippen molar-refractivity contribution in [3.8, 4) is 0 Å². The molecule has 0 radical (unpaired) electrons. The third kappa shape index (κ3) is 2.80. The second kappa shape index (κ2) is 6.28. The zero-order valence-corrected chi connectivity index (χ0v) is 14.4. The Morgan fingerprint density at radius 3 is 2.00 bits per heavy atom. The van der Waals surface area contributed by atoms with Crippen LogP contribution in [0.15, 0.2) is 0 Å². The van der Waals surface area contributed by atoms with Gasteiger partial charge in [-0.1, -0.05) is 6.92 Å². The van der Waals surface area contributed by atoms with Gasteiger partial charge in [0.1, 0.15) is 0 Å². The third-order valence-corrected chi connectivity index (χ3v) is 15.1. The highest BCUT2D eigenvalue weighted by Gasteiger charge is 2.70. The van der Waals surface area contributed by atoms with Crippen molar-refractivity contribution in [2.45, 2.75) is 37.6 Å². The Hall–Kier alpha value is 0.154. The molecule has 0 bridgehead atoms. The predicted molar refractivity (Wildman–Crippen MR) is 75.2 cm³/mol. The van der Waals surface area contributed by atoms with Crippen molar-refractivity contribution in [2.24, 2.45) is 11.5 Å². The number of hydrogen-bond acceptors (Lipinski definition) is 7. The third-order valence-electron chi connectivity index (χ3n) is 3.91. The van der Waals surface area contributed by atoms with Crippen LogP contribution >= 0.6 is 0 Å². The van der Waals surface area contributed by atoms with Gasteiger partial charge in [0.2, 0.25) is 0 Å². The van der Waals surface area contributed by atoms with Crippen LogP contribution in [0.4, 0.5) is 0 Å². The molecule has 1 heterocycles. The van der Waals surface area contributed by atoms with Crippen LogP contribution in [-0.4, -0.2) is 56.6 Å². The van der Waals surface area contributed by atoms with Gasteiger partial charge < -0.3 is 33.6 Å². The Kier molecular flexibility index (Phi) is 5.69. The second-order valence-corrected chi connectivity index (χ2v) is 13.8. The molecule has 0 aromatic carbocycles. The van der Waals surface area contributed by atoms with Crippen LogP contribution in [-0.2, 0) is 22.1 Å². The van der Waals surface area contributed by atoms with Crippen molar-refractivity contribution in [3.05, 3.63) is 0 Å². The first-order valence-electron chi connectivity index (χ1n) is 6.33. The number of rotatable bonds is 6. The number of hydrogen-bond donors (Lipinski definition) is 2. The van der Waals surface area contributed by atoms with Gasteiger partial charge in [-0.25, -0.2) is 0 Å². The molecule has 1 aliphatic rings. The monoisotopic (exact) mass is 310 g/mol. The molecule has 0 spiro atoms. The summed E-state index contributed by atoms with van der Waals surface area (Å²) < 4.78 is 28.5. The van der Waals surface area contributed by atoms with Crippen LogP contribution in [0.5, 0.6) is 0 Å². The minimum absolute atomic E-state index is 0.324. The summed E-state index contributed by atoms with van der Waals surface area (Å²) in [6.45, 7) is 1.93. The zero-order valence-electron chi connectivity index (χ0n) is 12.4. The highest BCUT2D eigenvalue weighted by Crippen LogP contribution is 2.37. The molecule has 1 saturated heterocycles. The van der Waals surface area contributed by atoms with Gasteiger partial charge in [-0.15, -0.1) is 0 Å². The maximum Gasteiger partial charge on any atom is 0.539 e.